The molecule has 1 aromatic rings. The second-order valence-electron chi connectivity index (χ2n) is 4.24. The van der Waals surface area contributed by atoms with E-state index in [4.69, 9.17) is 4.74 Å². The van der Waals surface area contributed by atoms with Crippen molar-refractivity contribution in [1.29, 1.82) is 0 Å². The van der Waals surface area contributed by atoms with Crippen molar-refractivity contribution in [2.45, 2.75) is 12.1 Å². The van der Waals surface area contributed by atoms with Gasteiger partial charge in [-0.15, -0.1) is 0 Å². The van der Waals surface area contributed by atoms with Gasteiger partial charge in [-0.1, -0.05) is 24.3 Å². The number of carbonyl (C=O) groups excluding carboxylic acids is 1. The van der Waals surface area contributed by atoms with Gasteiger partial charge in [-0.3, -0.25) is 0 Å². The molecular weight excluding hydrogens is 367 g/mol. The van der Waals surface area contributed by atoms with E-state index in [1.165, 1.54) is 0 Å². The van der Waals surface area contributed by atoms with Crippen LogP contribution in [0.15, 0.2) is 39.8 Å². The predicted octanol–water partition coefficient (Wildman–Crippen LogP) is 4.20. The van der Waals surface area contributed by atoms with Crippen molar-refractivity contribution in [3.63, 3.8) is 0 Å². The maximum atomic E-state index is 14.0. The van der Waals surface area contributed by atoms with Crippen LogP contribution in [0, 0.1) is 5.92 Å². The van der Waals surface area contributed by atoms with Gasteiger partial charge in [-0.2, -0.15) is 0 Å². The Bertz CT molecular complexity index is 471. The number of hydrogen-bond acceptors (Lipinski definition) is 2. The number of esters is 1. The molecule has 1 fully saturated rings. The van der Waals surface area contributed by atoms with Gasteiger partial charge in [0, 0.05) is 5.92 Å². The lowest BCUT2D eigenvalue weighted by atomic mass is 10.2. The van der Waals surface area contributed by atoms with Gasteiger partial charge >= 0.3 is 5.97 Å². The first kappa shape index (κ1) is 13.7. The summed E-state index contributed by atoms with van der Waals surface area (Å²) in [6.07, 6.45) is 2.12. The highest BCUT2D eigenvalue weighted by Gasteiger charge is 2.55. The van der Waals surface area contributed by atoms with Gasteiger partial charge in [0.25, 0.3) is 0 Å². The summed E-state index contributed by atoms with van der Waals surface area (Å²) in [4.78, 5) is 11.6. The molecule has 18 heavy (non-hydrogen) atoms. The average molecular weight is 378 g/mol. The van der Waals surface area contributed by atoms with E-state index in [1.807, 2.05) is 6.07 Å². The van der Waals surface area contributed by atoms with E-state index in [0.29, 0.717) is 15.4 Å². The fraction of sp³-hybridized carbons (Fsp3) is 0.308. The summed E-state index contributed by atoms with van der Waals surface area (Å²) in [5.74, 6) is -0.685. The molecule has 1 saturated carbocycles. The summed E-state index contributed by atoms with van der Waals surface area (Å²) in [6.45, 7) is -0.199. The molecule has 0 unspecified atom stereocenters. The average Bonchev–Trinajstić information content (AvgIpc) is 2.97. The fourth-order valence-corrected chi connectivity index (χ4v) is 2.31. The van der Waals surface area contributed by atoms with Crippen molar-refractivity contribution >= 4 is 37.8 Å². The molecular formula is C13H11Br2FO2. The van der Waals surface area contributed by atoms with Crippen LogP contribution in [0.5, 0.6) is 0 Å². The van der Waals surface area contributed by atoms with E-state index >= 15 is 0 Å². The third-order valence-corrected chi connectivity index (χ3v) is 3.37. The fourth-order valence-electron chi connectivity index (χ4n) is 1.68. The molecule has 0 spiro atoms. The number of hydrogen-bond donors (Lipinski definition) is 0. The van der Waals surface area contributed by atoms with Gasteiger partial charge in [-0.05, 0) is 50.4 Å². The standard InChI is InChI=1S/C13H11Br2FO2/c14-11(15)6-10-7-13(10,16)8-18-12(17)9-4-2-1-3-5-9/h1-6,10H,7-8H2/t10-,13-/m1/s1. The normalized spacial score (nSPS) is 25.4. The minimum Gasteiger partial charge on any atom is -0.459 e. The Kier molecular flexibility index (Phi) is 4.22. The third kappa shape index (κ3) is 3.42. The smallest absolute Gasteiger partial charge is 0.338 e. The van der Waals surface area contributed by atoms with Crippen molar-refractivity contribution < 1.29 is 13.9 Å². The zero-order valence-corrected chi connectivity index (χ0v) is 12.6. The van der Waals surface area contributed by atoms with E-state index in [1.54, 1.807) is 30.3 Å². The quantitative estimate of drug-likeness (QED) is 0.735. The van der Waals surface area contributed by atoms with E-state index in [9.17, 15) is 9.18 Å². The summed E-state index contributed by atoms with van der Waals surface area (Å²) in [6, 6.07) is 8.58. The van der Waals surface area contributed by atoms with Crippen LogP contribution < -0.4 is 0 Å². The summed E-state index contributed by atoms with van der Waals surface area (Å²) >= 11 is 6.37. The monoisotopic (exact) mass is 376 g/mol. The first-order valence-electron chi connectivity index (χ1n) is 5.45. The molecule has 1 aliphatic carbocycles. The topological polar surface area (TPSA) is 26.3 Å². The molecule has 0 radical (unpaired) electrons. The lowest BCUT2D eigenvalue weighted by Gasteiger charge is -2.08. The second kappa shape index (κ2) is 5.53. The highest BCUT2D eigenvalue weighted by atomic mass is 79.9. The lowest BCUT2D eigenvalue weighted by Crippen LogP contribution is -2.17. The van der Waals surface area contributed by atoms with Crippen molar-refractivity contribution in [3.05, 3.63) is 45.4 Å². The van der Waals surface area contributed by atoms with Crippen LogP contribution in [-0.4, -0.2) is 18.2 Å². The number of benzene rings is 1. The number of alkyl halides is 1. The first-order valence-corrected chi connectivity index (χ1v) is 7.04. The van der Waals surface area contributed by atoms with Crippen LogP contribution in [0.2, 0.25) is 0 Å². The minimum atomic E-state index is -1.42. The van der Waals surface area contributed by atoms with Crippen molar-refractivity contribution in [2.75, 3.05) is 6.61 Å². The highest BCUT2D eigenvalue weighted by Crippen LogP contribution is 2.49. The maximum Gasteiger partial charge on any atom is 0.338 e. The van der Waals surface area contributed by atoms with Gasteiger partial charge < -0.3 is 4.74 Å². The number of allylic oxidation sites excluding steroid dienone is 1. The summed E-state index contributed by atoms with van der Waals surface area (Å²) < 4.78 is 19.7. The molecule has 5 heteroatoms. The lowest BCUT2D eigenvalue weighted by molar-refractivity contribution is 0.0354. The number of ether oxygens (including phenoxy) is 1. The second-order valence-corrected chi connectivity index (χ2v) is 7.02. The molecule has 0 aromatic heterocycles. The first-order chi connectivity index (χ1) is 8.51. The van der Waals surface area contributed by atoms with Gasteiger partial charge in [-0.25, -0.2) is 9.18 Å². The van der Waals surface area contributed by atoms with Crippen molar-refractivity contribution in [1.82, 2.24) is 0 Å². The highest BCUT2D eigenvalue weighted by molar-refractivity contribution is 9.28. The number of carbonyl (C=O) groups is 1. The summed E-state index contributed by atoms with van der Waals surface area (Å²) in [7, 11) is 0. The zero-order chi connectivity index (χ0) is 13.2. The Balaban J connectivity index is 1.87. The Labute approximate surface area is 121 Å². The van der Waals surface area contributed by atoms with E-state index < -0.39 is 11.6 Å². The Morgan fingerprint density at radius 3 is 2.72 bits per heavy atom. The molecule has 1 aromatic carbocycles. The van der Waals surface area contributed by atoms with E-state index in [-0.39, 0.29) is 12.5 Å². The van der Waals surface area contributed by atoms with Crippen molar-refractivity contribution in [2.24, 2.45) is 5.92 Å². The molecule has 96 valence electrons. The summed E-state index contributed by atoms with van der Waals surface area (Å²) in [5, 5.41) is 0. The molecule has 2 rings (SSSR count). The van der Waals surface area contributed by atoms with Crippen LogP contribution in [0.4, 0.5) is 4.39 Å². The van der Waals surface area contributed by atoms with Gasteiger partial charge in [0.2, 0.25) is 0 Å². The Morgan fingerprint density at radius 2 is 2.11 bits per heavy atom. The molecule has 0 aliphatic heterocycles. The van der Waals surface area contributed by atoms with E-state index in [0.717, 1.165) is 0 Å². The Hall–Kier alpha value is -0.680. The molecule has 0 N–H and O–H groups in total. The predicted molar refractivity (Wildman–Crippen MR) is 74.6 cm³/mol. The van der Waals surface area contributed by atoms with Gasteiger partial charge in [0.05, 0.1) is 8.96 Å². The number of halogens is 3. The third-order valence-electron chi connectivity index (χ3n) is 2.84. The van der Waals surface area contributed by atoms with Crippen molar-refractivity contribution in [3.8, 4) is 0 Å². The maximum absolute atomic E-state index is 14.0. The molecule has 0 amide bonds. The molecule has 1 aliphatic rings. The largest absolute Gasteiger partial charge is 0.459 e. The van der Waals surface area contributed by atoms with E-state index in [2.05, 4.69) is 31.9 Å². The Morgan fingerprint density at radius 1 is 1.44 bits per heavy atom. The molecule has 2 nitrogen and oxygen atoms in total. The molecule has 0 heterocycles. The zero-order valence-electron chi connectivity index (χ0n) is 9.41. The molecule has 2 atom stereocenters. The van der Waals surface area contributed by atoms with Crippen LogP contribution in [-0.2, 0) is 4.74 Å². The van der Waals surface area contributed by atoms with Gasteiger partial charge in [0.1, 0.15) is 6.61 Å². The minimum absolute atomic E-state index is 0.199. The summed E-state index contributed by atoms with van der Waals surface area (Å²) in [5.41, 5.74) is -0.979. The van der Waals surface area contributed by atoms with Gasteiger partial charge in [0.15, 0.2) is 5.67 Å². The number of rotatable bonds is 4. The molecule has 0 saturated heterocycles. The van der Waals surface area contributed by atoms with Crippen LogP contribution in [0.25, 0.3) is 0 Å². The van der Waals surface area contributed by atoms with Crippen LogP contribution in [0.1, 0.15) is 16.8 Å². The van der Waals surface area contributed by atoms with Crippen LogP contribution >= 0.6 is 31.9 Å². The SMILES string of the molecule is O=C(OC[C@]1(F)C[C@H]1C=C(Br)Br)c1ccccc1. The molecule has 0 bridgehead atoms. The van der Waals surface area contributed by atoms with Crippen LogP contribution in [0.3, 0.4) is 0 Å².